The normalized spacial score (nSPS) is 16.8. The Balaban J connectivity index is 1.92. The Labute approximate surface area is 202 Å². The predicted octanol–water partition coefficient (Wildman–Crippen LogP) is 3.94. The second-order valence-electron chi connectivity index (χ2n) is 6.98. The minimum Gasteiger partial charge on any atom is -0.479 e. The van der Waals surface area contributed by atoms with Crippen molar-refractivity contribution in [1.29, 1.82) is 0 Å². The maximum Gasteiger partial charge on any atom is 0.416 e. The van der Waals surface area contributed by atoms with Crippen molar-refractivity contribution in [1.82, 2.24) is 15.4 Å². The van der Waals surface area contributed by atoms with Crippen molar-refractivity contribution in [3.05, 3.63) is 58.1 Å². The number of thioether (sulfide) groups is 1. The molecular weight excluding hydrogens is 524 g/mol. The van der Waals surface area contributed by atoms with Gasteiger partial charge in [-0.2, -0.15) is 26.3 Å². The lowest BCUT2D eigenvalue weighted by Crippen LogP contribution is -2.46. The number of aliphatic hydroxyl groups excluding tert-OH is 1. The Morgan fingerprint density at radius 1 is 1.14 bits per heavy atom. The maximum atomic E-state index is 13.2. The summed E-state index contributed by atoms with van der Waals surface area (Å²) < 4.78 is 79.0. The van der Waals surface area contributed by atoms with E-state index in [9.17, 15) is 41.0 Å². The van der Waals surface area contributed by atoms with Crippen molar-refractivity contribution >= 4 is 46.3 Å². The van der Waals surface area contributed by atoms with Gasteiger partial charge < -0.3 is 10.2 Å². The number of benzene rings is 1. The van der Waals surface area contributed by atoms with Crippen LogP contribution in [0.2, 0.25) is 0 Å². The van der Waals surface area contributed by atoms with Crippen molar-refractivity contribution in [2.45, 2.75) is 18.5 Å². The number of hydrogen-bond donors (Lipinski definition) is 3. The molecule has 1 unspecified atom stereocenters. The molecule has 0 radical (unpaired) electrons. The van der Waals surface area contributed by atoms with E-state index in [2.05, 4.69) is 10.4 Å². The quantitative estimate of drug-likeness (QED) is 0.290. The molecule has 1 atom stereocenters. The molecular formula is C20H13F6N3O4S2. The molecule has 0 aliphatic carbocycles. The number of rotatable bonds is 6. The Kier molecular flexibility index (Phi) is 7.54. The number of hydrogen-bond acceptors (Lipinski definition) is 7. The van der Waals surface area contributed by atoms with Crippen LogP contribution < -0.4 is 5.43 Å². The molecule has 2 heterocycles. The van der Waals surface area contributed by atoms with Gasteiger partial charge in [0.1, 0.15) is 0 Å². The Bertz CT molecular complexity index is 1180. The lowest BCUT2D eigenvalue weighted by atomic mass is 10.0. The summed E-state index contributed by atoms with van der Waals surface area (Å²) in [7, 11) is 0. The average Bonchev–Trinajstić information content (AvgIpc) is 3.02. The van der Waals surface area contributed by atoms with E-state index in [4.69, 9.17) is 17.3 Å². The van der Waals surface area contributed by atoms with E-state index in [0.717, 1.165) is 16.8 Å². The zero-order chi connectivity index (χ0) is 26.1. The summed E-state index contributed by atoms with van der Waals surface area (Å²) in [5.74, 6) is -2.24. The summed E-state index contributed by atoms with van der Waals surface area (Å²) in [6, 6.07) is 5.01. The van der Waals surface area contributed by atoms with Crippen LogP contribution in [-0.2, 0) is 21.9 Å². The van der Waals surface area contributed by atoms with E-state index in [1.54, 1.807) is 0 Å². The van der Waals surface area contributed by atoms with Gasteiger partial charge in [0.05, 0.1) is 34.0 Å². The van der Waals surface area contributed by atoms with Crippen molar-refractivity contribution < 1.29 is 46.1 Å². The molecule has 1 aromatic carbocycles. The van der Waals surface area contributed by atoms with E-state index in [1.165, 1.54) is 24.3 Å². The number of hydrazine groups is 1. The van der Waals surface area contributed by atoms with E-state index in [1.807, 2.05) is 0 Å². The second-order valence-corrected chi connectivity index (χ2v) is 8.65. The summed E-state index contributed by atoms with van der Waals surface area (Å²) in [5, 5.41) is 18.8. The van der Waals surface area contributed by atoms with Crippen LogP contribution in [0.15, 0.2) is 41.3 Å². The van der Waals surface area contributed by atoms with Crippen molar-refractivity contribution in [3.8, 4) is 11.3 Å². The highest BCUT2D eigenvalue weighted by atomic mass is 32.2. The van der Waals surface area contributed by atoms with Crippen LogP contribution >= 0.6 is 24.0 Å². The number of alkyl halides is 6. The van der Waals surface area contributed by atoms with Gasteiger partial charge in [0.25, 0.3) is 5.91 Å². The number of aliphatic carboxylic acids is 1. The SMILES string of the molecule is O=C(O)C(O)CNN1C(=O)C(=Cc2cccc(-c3cc(C(F)(F)F)cc(C(F)(F)F)c3)n2)SC1=S. The van der Waals surface area contributed by atoms with Crippen molar-refractivity contribution in [2.24, 2.45) is 0 Å². The van der Waals surface area contributed by atoms with Crippen LogP contribution in [0.1, 0.15) is 16.8 Å². The van der Waals surface area contributed by atoms with E-state index < -0.39 is 53.6 Å². The van der Waals surface area contributed by atoms with Crippen LogP contribution in [0.4, 0.5) is 26.3 Å². The van der Waals surface area contributed by atoms with Gasteiger partial charge in [-0.1, -0.05) is 30.0 Å². The number of carbonyl (C=O) groups is 2. The molecule has 0 saturated carbocycles. The molecule has 1 fully saturated rings. The number of carboxylic acid groups (broad SMARTS) is 1. The number of aromatic nitrogens is 1. The van der Waals surface area contributed by atoms with Gasteiger partial charge in [-0.25, -0.2) is 20.2 Å². The topological polar surface area (TPSA) is 103 Å². The Hall–Kier alpha value is -3.01. The number of pyridine rings is 1. The molecule has 1 saturated heterocycles. The van der Waals surface area contributed by atoms with Crippen molar-refractivity contribution in [3.63, 3.8) is 0 Å². The number of amides is 1. The molecule has 1 aliphatic heterocycles. The van der Waals surface area contributed by atoms with Crippen LogP contribution in [0.5, 0.6) is 0 Å². The molecule has 3 rings (SSSR count). The number of nitrogens with one attached hydrogen (secondary N) is 1. The third kappa shape index (κ3) is 6.36. The van der Waals surface area contributed by atoms with Gasteiger partial charge in [-0.05, 0) is 36.4 Å². The van der Waals surface area contributed by atoms with Gasteiger partial charge in [0, 0.05) is 5.56 Å². The average molecular weight is 537 g/mol. The first-order chi connectivity index (χ1) is 16.2. The fraction of sp³-hybridized carbons (Fsp3) is 0.200. The first kappa shape index (κ1) is 26.6. The summed E-state index contributed by atoms with van der Waals surface area (Å²) >= 11 is 5.82. The summed E-state index contributed by atoms with van der Waals surface area (Å²) in [5.41, 5.74) is -1.21. The van der Waals surface area contributed by atoms with Crippen LogP contribution in [0.25, 0.3) is 17.3 Å². The fourth-order valence-corrected chi connectivity index (χ4v) is 4.00. The van der Waals surface area contributed by atoms with E-state index >= 15 is 0 Å². The molecule has 1 aromatic heterocycles. The monoisotopic (exact) mass is 537 g/mol. The Morgan fingerprint density at radius 2 is 1.74 bits per heavy atom. The second kappa shape index (κ2) is 9.93. The molecule has 0 bridgehead atoms. The third-order valence-corrected chi connectivity index (χ3v) is 5.76. The molecule has 15 heteroatoms. The minimum atomic E-state index is -5.02. The van der Waals surface area contributed by atoms with Crippen molar-refractivity contribution in [2.75, 3.05) is 6.54 Å². The number of carbonyl (C=O) groups excluding carboxylic acids is 1. The van der Waals surface area contributed by atoms with E-state index in [0.29, 0.717) is 12.1 Å². The van der Waals surface area contributed by atoms with Gasteiger partial charge >= 0.3 is 18.3 Å². The zero-order valence-corrected chi connectivity index (χ0v) is 18.6. The minimum absolute atomic E-state index is 0.00279. The maximum absolute atomic E-state index is 13.2. The number of nitrogens with zero attached hydrogens (tertiary/aromatic N) is 2. The molecule has 0 spiro atoms. The highest BCUT2D eigenvalue weighted by Gasteiger charge is 2.37. The number of carboxylic acids is 1. The molecule has 1 aliphatic rings. The lowest BCUT2D eigenvalue weighted by Gasteiger charge is -2.16. The van der Waals surface area contributed by atoms with E-state index in [-0.39, 0.29) is 26.7 Å². The third-order valence-electron chi connectivity index (χ3n) is 4.45. The van der Waals surface area contributed by atoms with Gasteiger partial charge in [-0.15, -0.1) is 0 Å². The summed E-state index contributed by atoms with van der Waals surface area (Å²) in [6.07, 6.45) is -10.6. The Morgan fingerprint density at radius 3 is 2.29 bits per heavy atom. The van der Waals surface area contributed by atoms with Gasteiger partial charge in [-0.3, -0.25) is 4.79 Å². The molecule has 1 amide bonds. The van der Waals surface area contributed by atoms with Crippen LogP contribution in [0.3, 0.4) is 0 Å². The highest BCUT2D eigenvalue weighted by molar-refractivity contribution is 8.26. The first-order valence-corrected chi connectivity index (χ1v) is 10.6. The smallest absolute Gasteiger partial charge is 0.416 e. The number of halogens is 6. The standard InChI is InChI=1S/C20H13F6N3O4S2/c21-19(22,23)10-4-9(5-11(6-10)20(24,25)26)13-3-1-2-12(28-13)7-15-16(31)29(18(34)35-15)27-8-14(30)17(32)33/h1-7,14,27,30H,8H2,(H,32,33). The van der Waals surface area contributed by atoms with Crippen LogP contribution in [0, 0.1) is 0 Å². The summed E-state index contributed by atoms with van der Waals surface area (Å²) in [6.45, 7) is -0.528. The molecule has 7 nitrogen and oxygen atoms in total. The zero-order valence-electron chi connectivity index (χ0n) is 17.0. The summed E-state index contributed by atoms with van der Waals surface area (Å²) in [4.78, 5) is 27.3. The largest absolute Gasteiger partial charge is 0.479 e. The molecule has 2 aromatic rings. The molecule has 3 N–H and O–H groups in total. The molecule has 35 heavy (non-hydrogen) atoms. The number of aliphatic hydroxyl groups is 1. The number of thiocarbonyl (C=S) groups is 1. The molecule has 186 valence electrons. The fourth-order valence-electron chi connectivity index (χ4n) is 2.80. The highest BCUT2D eigenvalue weighted by Crippen LogP contribution is 2.38. The van der Waals surface area contributed by atoms with Gasteiger partial charge in [0.2, 0.25) is 0 Å². The first-order valence-electron chi connectivity index (χ1n) is 9.36. The lowest BCUT2D eigenvalue weighted by molar-refractivity contribution is -0.147. The van der Waals surface area contributed by atoms with Gasteiger partial charge in [0.15, 0.2) is 10.4 Å². The van der Waals surface area contributed by atoms with Crippen LogP contribution in [-0.4, -0.2) is 49.1 Å². The predicted molar refractivity (Wildman–Crippen MR) is 116 cm³/mol.